The second kappa shape index (κ2) is 4.84. The van der Waals surface area contributed by atoms with E-state index in [4.69, 9.17) is 0 Å². The van der Waals surface area contributed by atoms with E-state index in [1.165, 1.54) is 0 Å². The van der Waals surface area contributed by atoms with Gasteiger partial charge in [0.2, 0.25) is 6.71 Å². The Balaban J connectivity index is 2.43. The molecule has 0 heterocycles. The van der Waals surface area contributed by atoms with E-state index in [1.807, 2.05) is 0 Å². The Morgan fingerprint density at radius 1 is 0.611 bits per heavy atom. The number of rotatable bonds is 2. The fraction of sp³-hybridized carbons (Fsp3) is 0.0769. The van der Waals surface area contributed by atoms with Crippen molar-refractivity contribution in [1.82, 2.24) is 0 Å². The molecular formula is C13H9BF4. The second-order valence-corrected chi connectivity index (χ2v) is 4.13. The van der Waals surface area contributed by atoms with Crippen molar-refractivity contribution >= 4 is 17.6 Å². The Bertz CT molecular complexity index is 491. The number of hydrogen-bond donors (Lipinski definition) is 0. The van der Waals surface area contributed by atoms with Gasteiger partial charge in [-0.1, -0.05) is 17.7 Å². The monoisotopic (exact) mass is 252 g/mol. The lowest BCUT2D eigenvalue weighted by atomic mass is 9.42. The lowest BCUT2D eigenvalue weighted by Gasteiger charge is -2.10. The number of benzene rings is 2. The summed E-state index contributed by atoms with van der Waals surface area (Å²) >= 11 is 0. The molecule has 0 nitrogen and oxygen atoms in total. The van der Waals surface area contributed by atoms with E-state index in [0.717, 1.165) is 36.4 Å². The highest BCUT2D eigenvalue weighted by Crippen LogP contribution is 2.04. The van der Waals surface area contributed by atoms with Crippen LogP contribution < -0.4 is 10.9 Å². The van der Waals surface area contributed by atoms with E-state index in [2.05, 4.69) is 0 Å². The van der Waals surface area contributed by atoms with Crippen molar-refractivity contribution in [2.24, 2.45) is 0 Å². The quantitative estimate of drug-likeness (QED) is 0.569. The molecule has 0 aliphatic rings. The molecule has 0 aromatic heterocycles. The van der Waals surface area contributed by atoms with Gasteiger partial charge in [0.05, 0.1) is 0 Å². The molecule has 0 unspecified atom stereocenters. The molecule has 0 bridgehead atoms. The van der Waals surface area contributed by atoms with E-state index in [-0.39, 0.29) is 0 Å². The predicted molar refractivity (Wildman–Crippen MR) is 63.6 cm³/mol. The zero-order valence-corrected chi connectivity index (χ0v) is 9.55. The Morgan fingerprint density at radius 3 is 1.17 bits per heavy atom. The van der Waals surface area contributed by atoms with E-state index in [1.54, 1.807) is 6.82 Å². The molecule has 2 rings (SSSR count). The van der Waals surface area contributed by atoms with Crippen molar-refractivity contribution in [3.63, 3.8) is 0 Å². The summed E-state index contributed by atoms with van der Waals surface area (Å²) < 4.78 is 52.3. The first-order valence-electron chi connectivity index (χ1n) is 5.37. The highest BCUT2D eigenvalue weighted by molar-refractivity contribution is 6.84. The third kappa shape index (κ3) is 2.72. The minimum absolute atomic E-state index is 0.331. The summed E-state index contributed by atoms with van der Waals surface area (Å²) in [4.78, 5) is 0. The fourth-order valence-corrected chi connectivity index (χ4v) is 1.84. The van der Waals surface area contributed by atoms with Crippen LogP contribution in [0.25, 0.3) is 0 Å². The molecule has 92 valence electrons. The third-order valence-electron chi connectivity index (χ3n) is 2.77. The van der Waals surface area contributed by atoms with Gasteiger partial charge in [-0.3, -0.25) is 0 Å². The van der Waals surface area contributed by atoms with Gasteiger partial charge in [-0.15, -0.1) is 0 Å². The van der Waals surface area contributed by atoms with Crippen LogP contribution >= 0.6 is 0 Å². The van der Waals surface area contributed by atoms with Gasteiger partial charge in [-0.05, 0) is 24.3 Å². The van der Waals surface area contributed by atoms with E-state index in [9.17, 15) is 17.6 Å². The maximum atomic E-state index is 13.1. The summed E-state index contributed by atoms with van der Waals surface area (Å²) in [6, 6.07) is 6.10. The summed E-state index contributed by atoms with van der Waals surface area (Å²) in [6.07, 6.45) is 0. The summed E-state index contributed by atoms with van der Waals surface area (Å²) in [5, 5.41) is 0. The van der Waals surface area contributed by atoms with Crippen LogP contribution in [0.1, 0.15) is 0 Å². The Morgan fingerprint density at radius 2 is 0.889 bits per heavy atom. The topological polar surface area (TPSA) is 0 Å². The summed E-state index contributed by atoms with van der Waals surface area (Å²) in [5.74, 6) is -2.86. The first kappa shape index (κ1) is 12.7. The fourth-order valence-electron chi connectivity index (χ4n) is 1.84. The Kier molecular flexibility index (Phi) is 3.41. The molecule has 2 aromatic rings. The highest BCUT2D eigenvalue weighted by atomic mass is 19.1. The first-order valence-corrected chi connectivity index (χ1v) is 5.37. The van der Waals surface area contributed by atoms with Crippen LogP contribution in [-0.2, 0) is 0 Å². The minimum Gasteiger partial charge on any atom is -0.207 e. The molecule has 0 N–H and O–H groups in total. The van der Waals surface area contributed by atoms with Crippen LogP contribution in [0, 0.1) is 23.3 Å². The number of hydrogen-bond acceptors (Lipinski definition) is 0. The van der Waals surface area contributed by atoms with Gasteiger partial charge >= 0.3 is 0 Å². The standard InChI is InChI=1S/C13H9BF4/c1-14(8-2-10(15)6-11(16)3-8)9-4-12(17)7-13(18)5-9/h2-7H,1H3. The molecule has 0 atom stereocenters. The largest absolute Gasteiger partial charge is 0.207 e. The maximum Gasteiger partial charge on any atom is 0.206 e. The van der Waals surface area contributed by atoms with Crippen molar-refractivity contribution < 1.29 is 17.6 Å². The molecule has 0 aliphatic carbocycles. The maximum absolute atomic E-state index is 13.1. The number of halogens is 4. The lowest BCUT2D eigenvalue weighted by molar-refractivity contribution is 0.585. The highest BCUT2D eigenvalue weighted by Gasteiger charge is 2.16. The van der Waals surface area contributed by atoms with Gasteiger partial charge < -0.3 is 0 Å². The summed E-state index contributed by atoms with van der Waals surface area (Å²) in [6.45, 7) is 1.13. The molecule has 0 saturated carbocycles. The van der Waals surface area contributed by atoms with E-state index < -0.39 is 30.0 Å². The molecule has 5 heteroatoms. The summed E-state index contributed by atoms with van der Waals surface area (Å²) in [7, 11) is 0. The molecule has 0 aliphatic heterocycles. The van der Waals surface area contributed by atoms with Crippen LogP contribution in [-0.4, -0.2) is 6.71 Å². The van der Waals surface area contributed by atoms with Crippen molar-refractivity contribution in [3.05, 3.63) is 59.7 Å². The second-order valence-electron chi connectivity index (χ2n) is 4.13. The molecule has 0 radical (unpaired) electrons. The third-order valence-corrected chi connectivity index (χ3v) is 2.77. The average molecular weight is 252 g/mol. The van der Waals surface area contributed by atoms with Crippen LogP contribution in [0.3, 0.4) is 0 Å². The molecular weight excluding hydrogens is 243 g/mol. The predicted octanol–water partition coefficient (Wildman–Crippen LogP) is 2.48. The van der Waals surface area contributed by atoms with Crippen molar-refractivity contribution in [2.75, 3.05) is 0 Å². The van der Waals surface area contributed by atoms with Crippen LogP contribution in [0.5, 0.6) is 0 Å². The normalized spacial score (nSPS) is 10.5. The zero-order valence-electron chi connectivity index (χ0n) is 9.55. The summed E-state index contributed by atoms with van der Waals surface area (Å²) in [5.41, 5.74) is 0.662. The van der Waals surface area contributed by atoms with Gasteiger partial charge in [0.25, 0.3) is 0 Å². The SMILES string of the molecule is CB(c1cc(F)cc(F)c1)c1cc(F)cc(F)c1. The molecule has 18 heavy (non-hydrogen) atoms. The molecule has 0 fully saturated rings. The van der Waals surface area contributed by atoms with Gasteiger partial charge in [0.1, 0.15) is 23.3 Å². The van der Waals surface area contributed by atoms with Crippen molar-refractivity contribution in [1.29, 1.82) is 0 Å². The minimum atomic E-state index is -0.714. The molecule has 2 aromatic carbocycles. The molecule has 0 amide bonds. The van der Waals surface area contributed by atoms with E-state index in [0.29, 0.717) is 10.9 Å². The zero-order chi connectivity index (χ0) is 13.3. The van der Waals surface area contributed by atoms with Crippen molar-refractivity contribution in [2.45, 2.75) is 6.82 Å². The molecule has 0 spiro atoms. The van der Waals surface area contributed by atoms with Gasteiger partial charge in [-0.25, -0.2) is 17.6 Å². The first-order chi connectivity index (χ1) is 8.45. The molecule has 0 saturated heterocycles. The van der Waals surface area contributed by atoms with Crippen molar-refractivity contribution in [3.8, 4) is 0 Å². The van der Waals surface area contributed by atoms with Crippen LogP contribution in [0.4, 0.5) is 17.6 Å². The Labute approximate surface area is 102 Å². The van der Waals surface area contributed by atoms with E-state index >= 15 is 0 Å². The van der Waals surface area contributed by atoms with Gasteiger partial charge in [0.15, 0.2) is 0 Å². The van der Waals surface area contributed by atoms with Gasteiger partial charge in [0, 0.05) is 12.1 Å². The van der Waals surface area contributed by atoms with Crippen LogP contribution in [0.15, 0.2) is 36.4 Å². The average Bonchev–Trinajstić information content (AvgIpc) is 2.25. The smallest absolute Gasteiger partial charge is 0.206 e. The van der Waals surface area contributed by atoms with Gasteiger partial charge in [-0.2, -0.15) is 0 Å². The lowest BCUT2D eigenvalue weighted by Crippen LogP contribution is -2.40. The Hall–Kier alpha value is -1.78. The van der Waals surface area contributed by atoms with Crippen LogP contribution in [0.2, 0.25) is 6.82 Å².